The average Bonchev–Trinajstić information content (AvgIpc) is 3.51. The van der Waals surface area contributed by atoms with Crippen LogP contribution in [0.4, 0.5) is 14.5 Å². The summed E-state index contributed by atoms with van der Waals surface area (Å²) in [5.41, 5.74) is 1.07. The smallest absolute Gasteiger partial charge is 0.267 e. The molecule has 0 amide bonds. The van der Waals surface area contributed by atoms with Gasteiger partial charge in [-0.15, -0.1) is 0 Å². The second-order valence-corrected chi connectivity index (χ2v) is 9.56. The molecule has 0 bridgehead atoms. The lowest BCUT2D eigenvalue weighted by molar-refractivity contribution is 0.385. The van der Waals surface area contributed by atoms with Crippen molar-refractivity contribution in [2.75, 3.05) is 11.8 Å². The van der Waals surface area contributed by atoms with Gasteiger partial charge in [-0.2, -0.15) is 10.4 Å². The minimum absolute atomic E-state index is 0.0415. The summed E-state index contributed by atoms with van der Waals surface area (Å²) in [5, 5.41) is 13.4. The molecule has 0 fully saturated rings. The third kappa shape index (κ3) is 4.23. The number of pyridine rings is 2. The van der Waals surface area contributed by atoms with Crippen LogP contribution < -0.4 is 9.46 Å². The number of hydrogen-bond acceptors (Lipinski definition) is 7. The summed E-state index contributed by atoms with van der Waals surface area (Å²) in [7, 11) is -1.48. The number of ether oxygens (including phenoxy) is 1. The minimum atomic E-state index is -4.46. The Kier molecular flexibility index (Phi) is 5.81. The highest BCUT2D eigenvalue weighted by Gasteiger charge is 2.25. The van der Waals surface area contributed by atoms with Crippen molar-refractivity contribution < 1.29 is 21.9 Å². The number of hydrogen-bond donors (Lipinski definition) is 1. The molecular formula is C24H17F2N7O3S. The van der Waals surface area contributed by atoms with Crippen molar-refractivity contribution in [3.63, 3.8) is 0 Å². The van der Waals surface area contributed by atoms with Gasteiger partial charge in [-0.05, 0) is 30.3 Å². The van der Waals surface area contributed by atoms with E-state index in [4.69, 9.17) is 10.00 Å². The van der Waals surface area contributed by atoms with Crippen molar-refractivity contribution in [1.82, 2.24) is 24.1 Å². The molecule has 0 aliphatic carbocycles. The van der Waals surface area contributed by atoms with E-state index in [1.807, 2.05) is 0 Å². The van der Waals surface area contributed by atoms with Gasteiger partial charge in [0.05, 0.1) is 29.4 Å². The number of sulfonamides is 1. The monoisotopic (exact) mass is 521 g/mol. The molecule has 37 heavy (non-hydrogen) atoms. The van der Waals surface area contributed by atoms with E-state index in [0.29, 0.717) is 16.9 Å². The lowest BCUT2D eigenvalue weighted by atomic mass is 10.0. The maximum absolute atomic E-state index is 15.6. The average molecular weight is 522 g/mol. The Morgan fingerprint density at radius 3 is 2.65 bits per heavy atom. The summed E-state index contributed by atoms with van der Waals surface area (Å²) in [4.78, 5) is 7.68. The number of aromatic nitrogens is 5. The summed E-state index contributed by atoms with van der Waals surface area (Å²) < 4.78 is 66.8. The fourth-order valence-electron chi connectivity index (χ4n) is 3.82. The van der Waals surface area contributed by atoms with Crippen LogP contribution in [0.3, 0.4) is 0 Å². The molecule has 0 radical (unpaired) electrons. The first-order valence-electron chi connectivity index (χ1n) is 10.6. The van der Waals surface area contributed by atoms with Crippen molar-refractivity contribution in [2.24, 2.45) is 7.05 Å². The van der Waals surface area contributed by atoms with Gasteiger partial charge in [0.2, 0.25) is 5.88 Å². The van der Waals surface area contributed by atoms with E-state index >= 15 is 4.39 Å². The number of halogens is 2. The zero-order valence-corrected chi connectivity index (χ0v) is 20.2. The Balaban J connectivity index is 1.55. The van der Waals surface area contributed by atoms with Gasteiger partial charge in [-0.25, -0.2) is 27.2 Å². The third-order valence-electron chi connectivity index (χ3n) is 5.54. The number of fused-ring (bicyclic) bond motifs is 1. The molecule has 0 atom stereocenters. The molecule has 1 aromatic carbocycles. The molecule has 4 aromatic heterocycles. The zero-order valence-electron chi connectivity index (χ0n) is 19.3. The Morgan fingerprint density at radius 2 is 1.95 bits per heavy atom. The molecule has 5 rings (SSSR count). The number of benzene rings is 1. The normalized spacial score (nSPS) is 11.4. The maximum atomic E-state index is 15.6. The molecular weight excluding hydrogens is 504 g/mol. The molecule has 0 saturated heterocycles. The summed E-state index contributed by atoms with van der Waals surface area (Å²) in [6.07, 6.45) is 5.89. The van der Waals surface area contributed by atoms with E-state index in [9.17, 15) is 12.8 Å². The molecule has 0 spiro atoms. The van der Waals surface area contributed by atoms with Crippen LogP contribution in [-0.2, 0) is 17.1 Å². The number of anilines is 1. The summed E-state index contributed by atoms with van der Waals surface area (Å²) in [5.74, 6) is -2.31. The van der Waals surface area contributed by atoms with Crippen molar-refractivity contribution in [2.45, 2.75) is 4.90 Å². The molecule has 10 nitrogen and oxygen atoms in total. The SMILES string of the molecule is COc1ncc(C#N)cc1S(=O)(=O)Nc1ccc(F)c(-c2ccc3c(-c4ccn(C)n4)ncn3c2)c1F. The molecule has 0 aliphatic rings. The quantitative estimate of drug-likeness (QED) is 0.360. The van der Waals surface area contributed by atoms with Gasteiger partial charge >= 0.3 is 0 Å². The second kappa shape index (κ2) is 8.99. The van der Waals surface area contributed by atoms with E-state index in [2.05, 4.69) is 19.8 Å². The molecule has 0 saturated carbocycles. The molecule has 1 N–H and O–H groups in total. The standard InChI is InChI=1S/C24H17F2N7O3S/c1-32-8-7-18(30-32)23-19-6-3-15(12-33(19)13-29-23)21-16(25)4-5-17(22(21)26)31-37(34,35)20-9-14(10-27)11-28-24(20)36-2/h3-9,11-13,31H,1-2H3. The first-order chi connectivity index (χ1) is 17.7. The minimum Gasteiger partial charge on any atom is -0.480 e. The lowest BCUT2D eigenvalue weighted by Gasteiger charge is -2.14. The van der Waals surface area contributed by atoms with Crippen LogP contribution in [0.2, 0.25) is 0 Å². The summed E-state index contributed by atoms with van der Waals surface area (Å²) in [6.45, 7) is 0. The van der Waals surface area contributed by atoms with E-state index < -0.39 is 37.8 Å². The van der Waals surface area contributed by atoms with Crippen LogP contribution in [0.5, 0.6) is 5.88 Å². The van der Waals surface area contributed by atoms with Crippen molar-refractivity contribution in [3.05, 3.63) is 78.5 Å². The highest BCUT2D eigenvalue weighted by atomic mass is 32.2. The van der Waals surface area contributed by atoms with Crippen LogP contribution in [-0.4, -0.2) is 39.7 Å². The number of imidazole rings is 1. The van der Waals surface area contributed by atoms with Gasteiger partial charge in [0.25, 0.3) is 10.0 Å². The Bertz CT molecular complexity index is 1820. The number of nitrogens with zero attached hydrogens (tertiary/aromatic N) is 6. The van der Waals surface area contributed by atoms with E-state index in [1.165, 1.54) is 25.7 Å². The molecule has 186 valence electrons. The van der Waals surface area contributed by atoms with Crippen LogP contribution >= 0.6 is 0 Å². The molecule has 0 unspecified atom stereocenters. The topological polar surface area (TPSA) is 127 Å². The highest BCUT2D eigenvalue weighted by molar-refractivity contribution is 7.92. The first kappa shape index (κ1) is 23.9. The fraction of sp³-hybridized carbons (Fsp3) is 0.0833. The zero-order chi connectivity index (χ0) is 26.3. The Hall–Kier alpha value is -4.83. The van der Waals surface area contributed by atoms with Crippen LogP contribution in [0.25, 0.3) is 28.0 Å². The summed E-state index contributed by atoms with van der Waals surface area (Å²) in [6, 6.07) is 9.69. The molecule has 0 aliphatic heterocycles. The first-order valence-corrected chi connectivity index (χ1v) is 12.1. The number of nitriles is 1. The number of methoxy groups -OCH3 is 1. The van der Waals surface area contributed by atoms with Crippen molar-refractivity contribution in [3.8, 4) is 34.5 Å². The predicted molar refractivity (Wildman–Crippen MR) is 129 cm³/mol. The van der Waals surface area contributed by atoms with Gasteiger partial charge in [0, 0.05) is 31.2 Å². The number of nitrogens with one attached hydrogen (secondary N) is 1. The van der Waals surface area contributed by atoms with Crippen molar-refractivity contribution in [1.29, 1.82) is 5.26 Å². The van der Waals surface area contributed by atoms with Crippen LogP contribution in [0.1, 0.15) is 5.56 Å². The van der Waals surface area contributed by atoms with E-state index in [0.717, 1.165) is 24.4 Å². The van der Waals surface area contributed by atoms with Crippen LogP contribution in [0.15, 0.2) is 66.2 Å². The predicted octanol–water partition coefficient (Wildman–Crippen LogP) is 3.76. The largest absolute Gasteiger partial charge is 0.480 e. The maximum Gasteiger partial charge on any atom is 0.267 e. The van der Waals surface area contributed by atoms with Gasteiger partial charge in [0.1, 0.15) is 29.6 Å². The lowest BCUT2D eigenvalue weighted by Crippen LogP contribution is -2.16. The van der Waals surface area contributed by atoms with Gasteiger partial charge in [-0.3, -0.25) is 9.40 Å². The van der Waals surface area contributed by atoms with Crippen molar-refractivity contribution >= 4 is 21.2 Å². The van der Waals surface area contributed by atoms with Crippen LogP contribution in [0, 0.1) is 23.0 Å². The number of rotatable bonds is 6. The number of aryl methyl sites for hydroxylation is 1. The molecule has 13 heteroatoms. The summed E-state index contributed by atoms with van der Waals surface area (Å²) >= 11 is 0. The highest BCUT2D eigenvalue weighted by Crippen LogP contribution is 2.34. The fourth-order valence-corrected chi connectivity index (χ4v) is 5.03. The van der Waals surface area contributed by atoms with Gasteiger partial charge in [0.15, 0.2) is 10.7 Å². The third-order valence-corrected chi connectivity index (χ3v) is 6.90. The Labute approximate surface area is 209 Å². The molecule has 5 aromatic rings. The van der Waals surface area contributed by atoms with E-state index in [-0.39, 0.29) is 17.0 Å². The van der Waals surface area contributed by atoms with Gasteiger partial charge in [-0.1, -0.05) is 6.07 Å². The van der Waals surface area contributed by atoms with Gasteiger partial charge < -0.3 is 9.14 Å². The second-order valence-electron chi connectivity index (χ2n) is 7.91. The Morgan fingerprint density at radius 1 is 1.14 bits per heavy atom. The molecule has 4 heterocycles. The van der Waals surface area contributed by atoms with E-state index in [1.54, 1.807) is 40.5 Å².